The number of thiophene rings is 1. The highest BCUT2D eigenvalue weighted by molar-refractivity contribution is 7.98. The molecule has 3 unspecified atom stereocenters. The van der Waals surface area contributed by atoms with Gasteiger partial charge in [0.2, 0.25) is 0 Å². The van der Waals surface area contributed by atoms with Crippen molar-refractivity contribution in [2.24, 2.45) is 5.73 Å². The molecule has 0 amide bonds. The Morgan fingerprint density at radius 3 is 2.65 bits per heavy atom. The molecule has 17 heavy (non-hydrogen) atoms. The highest BCUT2D eigenvalue weighted by atomic mass is 32.2. The minimum absolute atomic E-state index is 0.162. The zero-order chi connectivity index (χ0) is 12.8. The summed E-state index contributed by atoms with van der Waals surface area (Å²) in [6.45, 7) is 4.39. The summed E-state index contributed by atoms with van der Waals surface area (Å²) in [4.78, 5) is 3.80. The Labute approximate surface area is 114 Å². The topological polar surface area (TPSA) is 29.3 Å². The third kappa shape index (κ3) is 4.28. The third-order valence-corrected chi connectivity index (χ3v) is 4.79. The van der Waals surface area contributed by atoms with Crippen LogP contribution in [0.5, 0.6) is 0 Å². The predicted octanol–water partition coefficient (Wildman–Crippen LogP) is 3.21. The van der Waals surface area contributed by atoms with Gasteiger partial charge >= 0.3 is 0 Å². The van der Waals surface area contributed by atoms with Gasteiger partial charge < -0.3 is 5.73 Å². The van der Waals surface area contributed by atoms with Crippen LogP contribution in [0.1, 0.15) is 31.2 Å². The summed E-state index contributed by atoms with van der Waals surface area (Å²) in [7, 11) is 2.19. The average molecular weight is 272 g/mol. The van der Waals surface area contributed by atoms with E-state index >= 15 is 0 Å². The first-order chi connectivity index (χ1) is 8.07. The lowest BCUT2D eigenvalue weighted by Crippen LogP contribution is -2.41. The van der Waals surface area contributed by atoms with E-state index in [-0.39, 0.29) is 6.04 Å². The number of nitrogens with zero attached hydrogens (tertiary/aromatic N) is 1. The lowest BCUT2D eigenvalue weighted by molar-refractivity contribution is 0.165. The molecule has 0 fully saturated rings. The average Bonchev–Trinajstić information content (AvgIpc) is 2.78. The molecule has 3 atom stereocenters. The molecule has 2 nitrogen and oxygen atoms in total. The highest BCUT2D eigenvalue weighted by Crippen LogP contribution is 2.28. The fourth-order valence-corrected chi connectivity index (χ4v) is 3.63. The van der Waals surface area contributed by atoms with Crippen LogP contribution in [0, 0.1) is 0 Å². The summed E-state index contributed by atoms with van der Waals surface area (Å²) >= 11 is 3.71. The van der Waals surface area contributed by atoms with Gasteiger partial charge in [-0.3, -0.25) is 4.90 Å². The minimum atomic E-state index is 0.162. The zero-order valence-corrected chi connectivity index (χ0v) is 12.9. The largest absolute Gasteiger partial charge is 0.326 e. The van der Waals surface area contributed by atoms with Crippen LogP contribution in [0.4, 0.5) is 0 Å². The van der Waals surface area contributed by atoms with Gasteiger partial charge in [-0.15, -0.1) is 11.3 Å². The van der Waals surface area contributed by atoms with Crippen molar-refractivity contribution in [3.63, 3.8) is 0 Å². The maximum Gasteiger partial charge on any atom is 0.0590 e. The van der Waals surface area contributed by atoms with E-state index in [9.17, 15) is 0 Å². The summed E-state index contributed by atoms with van der Waals surface area (Å²) in [6.07, 6.45) is 3.38. The molecule has 0 aliphatic rings. The van der Waals surface area contributed by atoms with Gasteiger partial charge in [0.25, 0.3) is 0 Å². The third-order valence-electron chi connectivity index (χ3n) is 3.21. The maximum absolute atomic E-state index is 6.16. The molecule has 1 aromatic heterocycles. The Kier molecular flexibility index (Phi) is 6.55. The van der Waals surface area contributed by atoms with E-state index in [4.69, 9.17) is 5.73 Å². The van der Waals surface area contributed by atoms with Crippen LogP contribution < -0.4 is 5.73 Å². The molecular formula is C13H24N2S2. The molecule has 98 valence electrons. The molecule has 0 bridgehead atoms. The fourth-order valence-electron chi connectivity index (χ4n) is 2.06. The van der Waals surface area contributed by atoms with Crippen molar-refractivity contribution in [3.8, 4) is 0 Å². The van der Waals surface area contributed by atoms with Gasteiger partial charge in [-0.1, -0.05) is 6.07 Å². The van der Waals surface area contributed by atoms with Gasteiger partial charge in [0.15, 0.2) is 0 Å². The second kappa shape index (κ2) is 7.41. The van der Waals surface area contributed by atoms with Crippen LogP contribution in [0.2, 0.25) is 0 Å². The molecule has 0 aromatic carbocycles. The zero-order valence-electron chi connectivity index (χ0n) is 11.2. The van der Waals surface area contributed by atoms with Crippen LogP contribution in [0.25, 0.3) is 0 Å². The van der Waals surface area contributed by atoms with Gasteiger partial charge in [0.1, 0.15) is 0 Å². The number of hydrogen-bond donors (Lipinski definition) is 1. The summed E-state index contributed by atoms with van der Waals surface area (Å²) < 4.78 is 0. The number of thioether (sulfide) groups is 1. The molecule has 1 heterocycles. The van der Waals surface area contributed by atoms with Gasteiger partial charge in [-0.2, -0.15) is 11.8 Å². The molecule has 0 radical (unpaired) electrons. The Morgan fingerprint density at radius 2 is 2.18 bits per heavy atom. The normalized spacial score (nSPS) is 17.1. The van der Waals surface area contributed by atoms with Crippen LogP contribution in [0.15, 0.2) is 17.5 Å². The Hall–Kier alpha value is -0.0300. The van der Waals surface area contributed by atoms with E-state index in [2.05, 4.69) is 49.6 Å². The van der Waals surface area contributed by atoms with Gasteiger partial charge in [-0.25, -0.2) is 0 Å². The van der Waals surface area contributed by atoms with E-state index in [1.54, 1.807) is 11.3 Å². The number of likely N-dealkylation sites (N-methyl/N-ethyl adjacent to an activating group) is 1. The van der Waals surface area contributed by atoms with E-state index in [1.165, 1.54) is 17.1 Å². The molecule has 0 saturated carbocycles. The molecule has 4 heteroatoms. The van der Waals surface area contributed by atoms with E-state index in [0.29, 0.717) is 12.1 Å². The van der Waals surface area contributed by atoms with Crippen molar-refractivity contribution in [2.45, 2.75) is 38.4 Å². The standard InChI is InChI=1S/C13H24N2S2/c1-10(7-9-16-4)15(3)13(11(2)14)12-6-5-8-17-12/h5-6,8,10-11,13H,7,9,14H2,1-4H3. The van der Waals surface area contributed by atoms with Crippen LogP contribution in [-0.2, 0) is 0 Å². The number of hydrogen-bond acceptors (Lipinski definition) is 4. The minimum Gasteiger partial charge on any atom is -0.326 e. The molecule has 0 spiro atoms. The monoisotopic (exact) mass is 272 g/mol. The van der Waals surface area contributed by atoms with Gasteiger partial charge in [0, 0.05) is 17.0 Å². The Morgan fingerprint density at radius 1 is 1.47 bits per heavy atom. The second-order valence-corrected chi connectivity index (χ2v) is 6.58. The summed E-state index contributed by atoms with van der Waals surface area (Å²) in [5.74, 6) is 1.21. The molecule has 0 aliphatic carbocycles. The Balaban J connectivity index is 2.71. The van der Waals surface area contributed by atoms with Crippen LogP contribution >= 0.6 is 23.1 Å². The first-order valence-electron chi connectivity index (χ1n) is 6.07. The summed E-state index contributed by atoms with van der Waals surface area (Å²) in [5, 5.41) is 2.13. The quantitative estimate of drug-likeness (QED) is 0.826. The van der Waals surface area contributed by atoms with Gasteiger partial charge in [-0.05, 0) is 50.8 Å². The van der Waals surface area contributed by atoms with Crippen LogP contribution in [-0.4, -0.2) is 36.0 Å². The molecule has 0 saturated heterocycles. The van der Waals surface area contributed by atoms with E-state index < -0.39 is 0 Å². The van der Waals surface area contributed by atoms with Crippen molar-refractivity contribution < 1.29 is 0 Å². The Bertz CT molecular complexity index is 298. The van der Waals surface area contributed by atoms with E-state index in [0.717, 1.165) is 0 Å². The molecule has 1 rings (SSSR count). The maximum atomic E-state index is 6.16. The highest BCUT2D eigenvalue weighted by Gasteiger charge is 2.25. The van der Waals surface area contributed by atoms with Crippen molar-refractivity contribution in [1.29, 1.82) is 0 Å². The first-order valence-corrected chi connectivity index (χ1v) is 8.35. The van der Waals surface area contributed by atoms with Crippen molar-refractivity contribution >= 4 is 23.1 Å². The number of rotatable bonds is 7. The lowest BCUT2D eigenvalue weighted by Gasteiger charge is -2.35. The van der Waals surface area contributed by atoms with E-state index in [1.807, 2.05) is 11.8 Å². The van der Waals surface area contributed by atoms with Crippen molar-refractivity contribution in [1.82, 2.24) is 4.90 Å². The second-order valence-electron chi connectivity index (χ2n) is 4.62. The first kappa shape index (κ1) is 15.0. The fraction of sp³-hybridized carbons (Fsp3) is 0.692. The SMILES string of the molecule is CSCCC(C)N(C)C(c1cccs1)C(C)N. The number of nitrogens with two attached hydrogens (primary N) is 1. The molecule has 1 aromatic rings. The molecule has 2 N–H and O–H groups in total. The van der Waals surface area contributed by atoms with Gasteiger partial charge in [0.05, 0.1) is 6.04 Å². The smallest absolute Gasteiger partial charge is 0.0590 e. The predicted molar refractivity (Wildman–Crippen MR) is 80.9 cm³/mol. The van der Waals surface area contributed by atoms with Crippen molar-refractivity contribution in [3.05, 3.63) is 22.4 Å². The summed E-state index contributed by atoms with van der Waals surface area (Å²) in [6, 6.07) is 5.37. The van der Waals surface area contributed by atoms with Crippen molar-refractivity contribution in [2.75, 3.05) is 19.1 Å². The summed E-state index contributed by atoms with van der Waals surface area (Å²) in [5.41, 5.74) is 6.16. The lowest BCUT2D eigenvalue weighted by atomic mass is 10.0. The molecular weight excluding hydrogens is 248 g/mol. The molecule has 0 aliphatic heterocycles. The van der Waals surface area contributed by atoms with Crippen LogP contribution in [0.3, 0.4) is 0 Å².